The molecule has 0 saturated carbocycles. The Balaban J connectivity index is 1.09. The van der Waals surface area contributed by atoms with E-state index in [1.807, 2.05) is 0 Å². The van der Waals surface area contributed by atoms with Crippen molar-refractivity contribution in [3.05, 3.63) is 237 Å². The maximum atomic E-state index is 2.43. The summed E-state index contributed by atoms with van der Waals surface area (Å²) in [5.74, 6) is 0. The molecule has 0 N–H and O–H groups in total. The van der Waals surface area contributed by atoms with Crippen LogP contribution >= 0.6 is 0 Å². The summed E-state index contributed by atoms with van der Waals surface area (Å²) in [6.45, 7) is 0. The van der Waals surface area contributed by atoms with Gasteiger partial charge in [0.2, 0.25) is 0 Å². The fraction of sp³-hybridized carbons (Fsp3) is 0. The summed E-state index contributed by atoms with van der Waals surface area (Å²) >= 11 is 0. The Hall–Kier alpha value is -7.74. The summed E-state index contributed by atoms with van der Waals surface area (Å²) < 4.78 is 0. The molecule has 0 fully saturated rings. The van der Waals surface area contributed by atoms with Crippen molar-refractivity contribution < 1.29 is 0 Å². The van der Waals surface area contributed by atoms with Gasteiger partial charge in [0.15, 0.2) is 0 Å². The summed E-state index contributed by atoms with van der Waals surface area (Å²) in [7, 11) is 0. The molecule has 0 aliphatic rings. The van der Waals surface area contributed by atoms with Crippen molar-refractivity contribution in [1.82, 2.24) is 0 Å². The van der Waals surface area contributed by atoms with Crippen molar-refractivity contribution in [2.75, 3.05) is 4.90 Å². The predicted octanol–water partition coefficient (Wildman–Crippen LogP) is 16.4. The lowest BCUT2D eigenvalue weighted by atomic mass is 9.85. The van der Waals surface area contributed by atoms with Crippen LogP contribution in [-0.2, 0) is 0 Å². The minimum atomic E-state index is 1.10. The second-order valence-electron chi connectivity index (χ2n) is 15.2. The SMILES string of the molecule is c1ccc(-c2cccc(-c3ccc(N(c4ccc(-c5c(-c6ccccc6)c6ccccc6c6ccccc56)cc4)c4cc5ccccc5c5ccccc45)cc3)c2)cc1. The normalized spacial score (nSPS) is 11.4. The standard InChI is InChI=1S/C58H39N/c1-3-16-40(17-4-1)44-21-15-22-45(38-44)41-30-34-47(35-31-41)59(56-39-46-20-7-8-23-49(46)50-24-9-12-27-53(50)56)48-36-32-43(33-37-48)58-55-29-14-11-26-52(55)51-25-10-13-28-54(51)57(58)42-18-5-2-6-19-42/h1-39H. The van der Waals surface area contributed by atoms with Crippen LogP contribution in [0.25, 0.3) is 87.6 Å². The third-order valence-corrected chi connectivity index (χ3v) is 11.8. The highest BCUT2D eigenvalue weighted by atomic mass is 15.1. The topological polar surface area (TPSA) is 3.24 Å². The first-order valence-corrected chi connectivity index (χ1v) is 20.3. The van der Waals surface area contributed by atoms with Gasteiger partial charge in [-0.05, 0) is 119 Å². The second kappa shape index (κ2) is 14.6. The van der Waals surface area contributed by atoms with Gasteiger partial charge in [-0.3, -0.25) is 0 Å². The van der Waals surface area contributed by atoms with Crippen LogP contribution in [0.5, 0.6) is 0 Å². The molecule has 0 atom stereocenters. The minimum Gasteiger partial charge on any atom is -0.310 e. The monoisotopic (exact) mass is 749 g/mol. The molecule has 0 unspecified atom stereocenters. The van der Waals surface area contributed by atoms with Crippen LogP contribution in [0.2, 0.25) is 0 Å². The second-order valence-corrected chi connectivity index (χ2v) is 15.2. The van der Waals surface area contributed by atoms with Crippen molar-refractivity contribution in [1.29, 1.82) is 0 Å². The van der Waals surface area contributed by atoms with Crippen molar-refractivity contribution >= 4 is 60.2 Å². The molecule has 11 aromatic carbocycles. The summed E-state index contributed by atoms with van der Waals surface area (Å²) in [5, 5.41) is 9.97. The van der Waals surface area contributed by atoms with E-state index in [-0.39, 0.29) is 0 Å². The van der Waals surface area contributed by atoms with Crippen LogP contribution in [0.4, 0.5) is 17.1 Å². The molecule has 0 amide bonds. The maximum absolute atomic E-state index is 2.43. The molecule has 276 valence electrons. The van der Waals surface area contributed by atoms with E-state index in [1.54, 1.807) is 0 Å². The highest BCUT2D eigenvalue weighted by molar-refractivity contribution is 6.21. The Bertz CT molecular complexity index is 3290. The summed E-state index contributed by atoms with van der Waals surface area (Å²) in [5.41, 5.74) is 13.1. The van der Waals surface area contributed by atoms with Gasteiger partial charge in [0.05, 0.1) is 5.69 Å². The van der Waals surface area contributed by atoms with Crippen LogP contribution in [0, 0.1) is 0 Å². The predicted molar refractivity (Wildman–Crippen MR) is 253 cm³/mol. The fourth-order valence-electron chi connectivity index (χ4n) is 9.08. The van der Waals surface area contributed by atoms with E-state index in [0.29, 0.717) is 0 Å². The number of benzene rings is 11. The van der Waals surface area contributed by atoms with Crippen LogP contribution < -0.4 is 4.90 Å². The van der Waals surface area contributed by atoms with E-state index >= 15 is 0 Å². The molecule has 0 bridgehead atoms. The molecule has 0 aliphatic heterocycles. The van der Waals surface area contributed by atoms with E-state index in [0.717, 1.165) is 17.1 Å². The third-order valence-electron chi connectivity index (χ3n) is 11.8. The molecular formula is C58H39N. The van der Waals surface area contributed by atoms with Gasteiger partial charge < -0.3 is 4.90 Å². The van der Waals surface area contributed by atoms with Gasteiger partial charge in [0, 0.05) is 16.8 Å². The lowest BCUT2D eigenvalue weighted by molar-refractivity contribution is 1.30. The Morgan fingerprint density at radius 1 is 0.220 bits per heavy atom. The van der Waals surface area contributed by atoms with Crippen LogP contribution in [0.15, 0.2) is 237 Å². The molecule has 0 aliphatic carbocycles. The third kappa shape index (κ3) is 6.12. The van der Waals surface area contributed by atoms with E-state index < -0.39 is 0 Å². The zero-order valence-corrected chi connectivity index (χ0v) is 32.5. The Kier molecular flexibility index (Phi) is 8.56. The van der Waals surface area contributed by atoms with E-state index in [4.69, 9.17) is 0 Å². The Labute approximate surface area is 344 Å². The van der Waals surface area contributed by atoms with Crippen molar-refractivity contribution in [2.45, 2.75) is 0 Å². The molecule has 0 spiro atoms. The molecule has 0 heterocycles. The zero-order chi connectivity index (χ0) is 39.1. The summed E-state index contributed by atoms with van der Waals surface area (Å²) in [4.78, 5) is 2.43. The molecule has 11 rings (SSSR count). The smallest absolute Gasteiger partial charge is 0.0546 e. The maximum Gasteiger partial charge on any atom is 0.0546 e. The zero-order valence-electron chi connectivity index (χ0n) is 32.5. The van der Waals surface area contributed by atoms with Gasteiger partial charge in [0.1, 0.15) is 0 Å². The molecule has 0 saturated heterocycles. The van der Waals surface area contributed by atoms with E-state index in [2.05, 4.69) is 241 Å². The van der Waals surface area contributed by atoms with Crippen LogP contribution in [-0.4, -0.2) is 0 Å². The lowest BCUT2D eigenvalue weighted by Crippen LogP contribution is -2.10. The number of rotatable bonds is 7. The van der Waals surface area contributed by atoms with E-state index in [9.17, 15) is 0 Å². The summed E-state index contributed by atoms with van der Waals surface area (Å²) in [6.07, 6.45) is 0. The highest BCUT2D eigenvalue weighted by Gasteiger charge is 2.20. The number of hydrogen-bond acceptors (Lipinski definition) is 1. The fourth-order valence-corrected chi connectivity index (χ4v) is 9.08. The first-order valence-electron chi connectivity index (χ1n) is 20.3. The molecule has 59 heavy (non-hydrogen) atoms. The molecule has 11 aromatic rings. The van der Waals surface area contributed by atoms with Gasteiger partial charge in [0.25, 0.3) is 0 Å². The van der Waals surface area contributed by atoms with Gasteiger partial charge in [-0.25, -0.2) is 0 Å². The van der Waals surface area contributed by atoms with Gasteiger partial charge >= 0.3 is 0 Å². The lowest BCUT2D eigenvalue weighted by Gasteiger charge is -2.28. The van der Waals surface area contributed by atoms with Gasteiger partial charge in [-0.2, -0.15) is 0 Å². The Morgan fingerprint density at radius 3 is 1.15 bits per heavy atom. The quantitative estimate of drug-likeness (QED) is 0.147. The Morgan fingerprint density at radius 2 is 0.593 bits per heavy atom. The number of nitrogens with zero attached hydrogens (tertiary/aromatic N) is 1. The molecular weight excluding hydrogens is 711 g/mol. The number of anilines is 3. The molecule has 1 heteroatoms. The molecule has 1 nitrogen and oxygen atoms in total. The summed E-state index contributed by atoms with van der Waals surface area (Å²) in [6, 6.07) is 86.2. The number of hydrogen-bond donors (Lipinski definition) is 0. The van der Waals surface area contributed by atoms with Crippen molar-refractivity contribution in [3.8, 4) is 44.5 Å². The highest BCUT2D eigenvalue weighted by Crippen LogP contribution is 2.47. The largest absolute Gasteiger partial charge is 0.310 e. The first kappa shape index (κ1) is 34.5. The van der Waals surface area contributed by atoms with Crippen molar-refractivity contribution in [2.24, 2.45) is 0 Å². The molecule has 0 aromatic heterocycles. The molecule has 0 radical (unpaired) electrons. The van der Waals surface area contributed by atoms with Gasteiger partial charge in [-0.1, -0.05) is 200 Å². The first-order chi connectivity index (χ1) is 29.3. The average molecular weight is 750 g/mol. The van der Waals surface area contributed by atoms with Gasteiger partial charge in [-0.15, -0.1) is 0 Å². The van der Waals surface area contributed by atoms with Crippen LogP contribution in [0.1, 0.15) is 0 Å². The van der Waals surface area contributed by atoms with Crippen molar-refractivity contribution in [3.63, 3.8) is 0 Å². The van der Waals surface area contributed by atoms with E-state index in [1.165, 1.54) is 87.6 Å². The average Bonchev–Trinajstić information content (AvgIpc) is 3.32. The number of fused-ring (bicyclic) bond motifs is 6. The van der Waals surface area contributed by atoms with Crippen LogP contribution in [0.3, 0.4) is 0 Å². The minimum absolute atomic E-state index is 1.10.